The topological polar surface area (TPSA) is 57.7 Å². The molecule has 1 fully saturated rings. The van der Waals surface area contributed by atoms with Gasteiger partial charge in [-0.3, -0.25) is 0 Å². The van der Waals surface area contributed by atoms with Gasteiger partial charge in [0.1, 0.15) is 12.7 Å². The lowest BCUT2D eigenvalue weighted by molar-refractivity contribution is -0.137. The van der Waals surface area contributed by atoms with E-state index in [2.05, 4.69) is 10.1 Å². The van der Waals surface area contributed by atoms with Gasteiger partial charge in [0.05, 0.1) is 23.2 Å². The van der Waals surface area contributed by atoms with Gasteiger partial charge in [-0.2, -0.15) is 23.5 Å². The average molecular weight is 321 g/mol. The highest BCUT2D eigenvalue weighted by Gasteiger charge is 2.36. The van der Waals surface area contributed by atoms with Crippen LogP contribution in [-0.4, -0.2) is 27.9 Å². The highest BCUT2D eigenvalue weighted by Crippen LogP contribution is 2.38. The Morgan fingerprint density at radius 3 is 2.52 bits per heavy atom. The number of rotatable bonds is 2. The summed E-state index contributed by atoms with van der Waals surface area (Å²) in [5.74, 6) is 0. The molecule has 0 bridgehead atoms. The summed E-state index contributed by atoms with van der Waals surface area (Å²) in [6.07, 6.45) is -0.00973. The van der Waals surface area contributed by atoms with Gasteiger partial charge in [-0.15, -0.1) is 0 Å². The highest BCUT2D eigenvalue weighted by molar-refractivity contribution is 5.58. The molecule has 0 amide bonds. The lowest BCUT2D eigenvalue weighted by Gasteiger charge is -2.34. The molecule has 8 heteroatoms. The lowest BCUT2D eigenvalue weighted by Crippen LogP contribution is -2.36. The molecule has 120 valence electrons. The Hall–Kier alpha value is -2.56. The normalized spacial score (nSPS) is 16.3. The molecule has 2 aromatic rings. The van der Waals surface area contributed by atoms with Gasteiger partial charge >= 0.3 is 6.18 Å². The quantitative estimate of drug-likeness (QED) is 0.853. The summed E-state index contributed by atoms with van der Waals surface area (Å²) in [7, 11) is 0. The van der Waals surface area contributed by atoms with Crippen LogP contribution in [0, 0.1) is 11.3 Å². The van der Waals surface area contributed by atoms with Crippen molar-refractivity contribution in [3.05, 3.63) is 42.0 Å². The van der Waals surface area contributed by atoms with Crippen molar-refractivity contribution >= 4 is 5.69 Å². The molecule has 0 radical (unpaired) electrons. The number of halogens is 3. The van der Waals surface area contributed by atoms with Crippen molar-refractivity contribution < 1.29 is 13.2 Å². The van der Waals surface area contributed by atoms with E-state index in [9.17, 15) is 13.2 Å². The Balaban J connectivity index is 1.82. The molecule has 1 aliphatic rings. The zero-order chi connectivity index (χ0) is 16.4. The molecule has 0 aliphatic carbocycles. The Kier molecular flexibility index (Phi) is 3.94. The van der Waals surface area contributed by atoms with Gasteiger partial charge in [-0.25, -0.2) is 9.67 Å². The van der Waals surface area contributed by atoms with Gasteiger partial charge in [-0.05, 0) is 31.0 Å². The van der Waals surface area contributed by atoms with Gasteiger partial charge in [0.15, 0.2) is 0 Å². The maximum Gasteiger partial charge on any atom is 0.418 e. The molecular formula is C15H14F3N5. The third-order valence-corrected chi connectivity index (χ3v) is 4.05. The van der Waals surface area contributed by atoms with Gasteiger partial charge in [0.2, 0.25) is 0 Å². The maximum atomic E-state index is 13.3. The van der Waals surface area contributed by atoms with Crippen LogP contribution in [0.3, 0.4) is 0 Å². The first kappa shape index (κ1) is 15.3. The van der Waals surface area contributed by atoms with Crippen LogP contribution in [-0.2, 0) is 6.18 Å². The first-order chi connectivity index (χ1) is 11.0. The molecule has 1 aromatic carbocycles. The standard InChI is InChI=1S/C15H14F3N5/c16-15(17,18)13-7-11(8-19)1-2-14(13)22-5-3-12(4-6-22)23-10-20-9-21-23/h1-2,7,9-10,12H,3-6H2. The lowest BCUT2D eigenvalue weighted by atomic mass is 10.0. The number of nitrogens with zero attached hydrogens (tertiary/aromatic N) is 5. The number of alkyl halides is 3. The van der Waals surface area contributed by atoms with Gasteiger partial charge < -0.3 is 4.90 Å². The zero-order valence-electron chi connectivity index (χ0n) is 12.2. The van der Waals surface area contributed by atoms with Crippen LogP contribution in [0.25, 0.3) is 0 Å². The first-order valence-electron chi connectivity index (χ1n) is 7.19. The molecule has 0 saturated carbocycles. The van der Waals surface area contributed by atoms with E-state index in [0.717, 1.165) is 6.07 Å². The van der Waals surface area contributed by atoms with Crippen LogP contribution in [0.5, 0.6) is 0 Å². The summed E-state index contributed by atoms with van der Waals surface area (Å²) in [5, 5.41) is 12.9. The molecule has 1 saturated heterocycles. The van der Waals surface area contributed by atoms with E-state index in [1.54, 1.807) is 22.0 Å². The van der Waals surface area contributed by atoms with Crippen molar-refractivity contribution in [2.75, 3.05) is 18.0 Å². The molecule has 23 heavy (non-hydrogen) atoms. The van der Waals surface area contributed by atoms with Gasteiger partial charge in [0.25, 0.3) is 0 Å². The predicted molar refractivity (Wildman–Crippen MR) is 76.7 cm³/mol. The number of aromatic nitrogens is 3. The zero-order valence-corrected chi connectivity index (χ0v) is 12.2. The minimum atomic E-state index is -4.48. The summed E-state index contributed by atoms with van der Waals surface area (Å²) in [6.45, 7) is 0.999. The highest BCUT2D eigenvalue weighted by atomic mass is 19.4. The summed E-state index contributed by atoms with van der Waals surface area (Å²) in [5.41, 5.74) is -0.608. The Morgan fingerprint density at radius 2 is 1.96 bits per heavy atom. The second-order valence-electron chi connectivity index (χ2n) is 5.44. The molecule has 3 rings (SSSR count). The summed E-state index contributed by atoms with van der Waals surface area (Å²) in [6, 6.07) is 5.64. The fraction of sp³-hybridized carbons (Fsp3) is 0.400. The first-order valence-corrected chi connectivity index (χ1v) is 7.19. The van der Waals surface area contributed by atoms with Gasteiger partial charge in [0, 0.05) is 18.8 Å². The van der Waals surface area contributed by atoms with Crippen molar-refractivity contribution in [3.63, 3.8) is 0 Å². The van der Waals surface area contributed by atoms with Crippen molar-refractivity contribution in [3.8, 4) is 6.07 Å². The monoisotopic (exact) mass is 321 g/mol. The number of nitriles is 1. The van der Waals surface area contributed by atoms with Gasteiger partial charge in [-0.1, -0.05) is 0 Å². The van der Waals surface area contributed by atoms with Crippen LogP contribution >= 0.6 is 0 Å². The third-order valence-electron chi connectivity index (χ3n) is 4.05. The molecule has 1 aromatic heterocycles. The fourth-order valence-electron chi connectivity index (χ4n) is 2.89. The molecule has 2 heterocycles. The number of benzene rings is 1. The smallest absolute Gasteiger partial charge is 0.371 e. The molecular weight excluding hydrogens is 307 g/mol. The predicted octanol–water partition coefficient (Wildman–Crippen LogP) is 3.01. The number of piperidine rings is 1. The molecule has 5 nitrogen and oxygen atoms in total. The van der Waals surface area contributed by atoms with Crippen molar-refractivity contribution in [1.29, 1.82) is 5.26 Å². The number of anilines is 1. The Labute approximate surface area is 131 Å². The minimum Gasteiger partial charge on any atom is -0.371 e. The fourth-order valence-corrected chi connectivity index (χ4v) is 2.89. The molecule has 1 aliphatic heterocycles. The van der Waals surface area contributed by atoms with E-state index >= 15 is 0 Å². The third kappa shape index (κ3) is 3.13. The summed E-state index contributed by atoms with van der Waals surface area (Å²) >= 11 is 0. The second-order valence-corrected chi connectivity index (χ2v) is 5.44. The molecule has 0 spiro atoms. The van der Waals surface area contributed by atoms with Crippen molar-refractivity contribution in [1.82, 2.24) is 14.8 Å². The van der Waals surface area contributed by atoms with E-state index < -0.39 is 11.7 Å². The van der Waals surface area contributed by atoms with Crippen LogP contribution in [0.1, 0.15) is 30.0 Å². The largest absolute Gasteiger partial charge is 0.418 e. The van der Waals surface area contributed by atoms with E-state index in [1.165, 1.54) is 18.5 Å². The van der Waals surface area contributed by atoms with Crippen molar-refractivity contribution in [2.24, 2.45) is 0 Å². The van der Waals surface area contributed by atoms with Crippen LogP contribution < -0.4 is 4.90 Å². The molecule has 0 unspecified atom stereocenters. The van der Waals surface area contributed by atoms with E-state index in [0.29, 0.717) is 25.9 Å². The average Bonchev–Trinajstić information content (AvgIpc) is 3.08. The van der Waals surface area contributed by atoms with Crippen LogP contribution in [0.2, 0.25) is 0 Å². The number of hydrogen-bond acceptors (Lipinski definition) is 4. The van der Waals surface area contributed by atoms with Crippen molar-refractivity contribution in [2.45, 2.75) is 25.1 Å². The SMILES string of the molecule is N#Cc1ccc(N2CCC(n3cncn3)CC2)c(C(F)(F)F)c1. The Bertz CT molecular complexity index is 710. The van der Waals surface area contributed by atoms with Crippen LogP contribution in [0.4, 0.5) is 18.9 Å². The summed E-state index contributed by atoms with van der Waals surface area (Å²) < 4.78 is 41.5. The molecule has 0 atom stereocenters. The minimum absolute atomic E-state index is 0.0126. The van der Waals surface area contributed by atoms with Crippen LogP contribution in [0.15, 0.2) is 30.9 Å². The molecule has 0 N–H and O–H groups in total. The Morgan fingerprint density at radius 1 is 1.22 bits per heavy atom. The van der Waals surface area contributed by atoms with E-state index in [4.69, 9.17) is 5.26 Å². The maximum absolute atomic E-state index is 13.3. The number of hydrogen-bond donors (Lipinski definition) is 0. The van der Waals surface area contributed by atoms with E-state index in [1.807, 2.05) is 0 Å². The second kappa shape index (κ2) is 5.91. The van der Waals surface area contributed by atoms with E-state index in [-0.39, 0.29) is 17.3 Å². The summed E-state index contributed by atoms with van der Waals surface area (Å²) in [4.78, 5) is 5.62.